The van der Waals surface area contributed by atoms with Crippen LogP contribution in [-0.2, 0) is 19.2 Å². The molecule has 0 fully saturated rings. The second kappa shape index (κ2) is 12.5. The Kier molecular flexibility index (Phi) is 11.6. The van der Waals surface area contributed by atoms with Crippen LogP contribution in [0.15, 0.2) is 0 Å². The van der Waals surface area contributed by atoms with Crippen LogP contribution in [0.5, 0.6) is 0 Å². The van der Waals surface area contributed by atoms with Crippen molar-refractivity contribution in [3.8, 4) is 0 Å². The maximum Gasteiger partial charge on any atom is 0.325 e. The number of aliphatic hydroxyl groups is 2. The van der Waals surface area contributed by atoms with Gasteiger partial charge in [-0.25, -0.2) is 0 Å². The van der Waals surface area contributed by atoms with Gasteiger partial charge in [-0.3, -0.25) is 19.2 Å². The zero-order chi connectivity index (χ0) is 21.1. The van der Waals surface area contributed by atoms with E-state index in [1.165, 1.54) is 25.6 Å². The summed E-state index contributed by atoms with van der Waals surface area (Å²) in [6.45, 7) is 1.90. The smallest absolute Gasteiger partial charge is 0.325 e. The van der Waals surface area contributed by atoms with Gasteiger partial charge in [-0.15, -0.1) is 0 Å². The number of aliphatic hydroxyl groups excluding tert-OH is 2. The maximum atomic E-state index is 12.4. The summed E-state index contributed by atoms with van der Waals surface area (Å²) in [7, 11) is 0. The van der Waals surface area contributed by atoms with E-state index < -0.39 is 60.6 Å². The summed E-state index contributed by atoms with van der Waals surface area (Å²) in [6.07, 6.45) is 0.704. The number of nitrogens with two attached hydrogens (primary N) is 1. The van der Waals surface area contributed by atoms with Gasteiger partial charge in [0.15, 0.2) is 0 Å². The molecule has 0 rings (SSSR count). The van der Waals surface area contributed by atoms with Crippen molar-refractivity contribution >= 4 is 35.5 Å². The lowest BCUT2D eigenvalue weighted by molar-refractivity contribution is -0.142. The molecule has 12 heteroatoms. The lowest BCUT2D eigenvalue weighted by Gasteiger charge is -2.25. The topological polar surface area (TPSA) is 191 Å². The van der Waals surface area contributed by atoms with E-state index in [1.807, 2.05) is 0 Å². The molecular formula is C15H28N4O7S. The molecule has 3 amide bonds. The molecule has 5 unspecified atom stereocenters. The zero-order valence-corrected chi connectivity index (χ0v) is 16.3. The van der Waals surface area contributed by atoms with Crippen LogP contribution in [0.3, 0.4) is 0 Å². The van der Waals surface area contributed by atoms with Gasteiger partial charge in [-0.05, 0) is 32.3 Å². The number of hydrogen-bond donors (Lipinski definition) is 7. The van der Waals surface area contributed by atoms with Gasteiger partial charge in [-0.1, -0.05) is 0 Å². The highest BCUT2D eigenvalue weighted by atomic mass is 32.2. The number of aliphatic carboxylic acids is 1. The van der Waals surface area contributed by atoms with E-state index in [2.05, 4.69) is 16.0 Å². The second-order valence-electron chi connectivity index (χ2n) is 5.93. The van der Waals surface area contributed by atoms with Gasteiger partial charge in [0.1, 0.15) is 24.2 Å². The summed E-state index contributed by atoms with van der Waals surface area (Å²) in [5.74, 6) is -3.11. The Hall–Kier alpha value is -1.89. The maximum absolute atomic E-state index is 12.4. The van der Waals surface area contributed by atoms with Crippen LogP contribution in [0.1, 0.15) is 20.3 Å². The van der Waals surface area contributed by atoms with Crippen LogP contribution in [0, 0.1) is 0 Å². The number of carbonyl (C=O) groups excluding carboxylic acids is 3. The standard InChI is InChI=1S/C15H28N4O7S/c1-7(15(25)26)17-13(23)10(4-5-27-3)18-14(24)11(8(2)21)19-12(22)9(16)6-20/h7-11,20-21H,4-6,16H2,1-3H3,(H,17,23)(H,18,24)(H,19,22)(H,25,26). The van der Waals surface area contributed by atoms with E-state index in [-0.39, 0.29) is 6.42 Å². The zero-order valence-electron chi connectivity index (χ0n) is 15.5. The van der Waals surface area contributed by atoms with Gasteiger partial charge in [0.2, 0.25) is 17.7 Å². The first-order valence-corrected chi connectivity index (χ1v) is 9.61. The number of thioether (sulfide) groups is 1. The van der Waals surface area contributed by atoms with Gasteiger partial charge in [0.05, 0.1) is 12.7 Å². The fraction of sp³-hybridized carbons (Fsp3) is 0.733. The molecule has 0 aromatic carbocycles. The molecule has 0 aromatic heterocycles. The second-order valence-corrected chi connectivity index (χ2v) is 6.91. The van der Waals surface area contributed by atoms with Crippen LogP contribution < -0.4 is 21.7 Å². The first-order chi connectivity index (χ1) is 12.5. The lowest BCUT2D eigenvalue weighted by atomic mass is 10.1. The average molecular weight is 408 g/mol. The number of nitrogens with one attached hydrogen (secondary N) is 3. The quantitative estimate of drug-likeness (QED) is 0.176. The lowest BCUT2D eigenvalue weighted by Crippen LogP contribution is -2.60. The van der Waals surface area contributed by atoms with Crippen molar-refractivity contribution < 1.29 is 34.5 Å². The third-order valence-corrected chi connectivity index (χ3v) is 4.21. The van der Waals surface area contributed by atoms with Crippen LogP contribution in [0.4, 0.5) is 0 Å². The summed E-state index contributed by atoms with van der Waals surface area (Å²) in [5.41, 5.74) is 5.37. The molecule has 0 saturated heterocycles. The molecule has 0 spiro atoms. The van der Waals surface area contributed by atoms with Crippen molar-refractivity contribution in [2.24, 2.45) is 5.73 Å². The van der Waals surface area contributed by atoms with Gasteiger partial charge in [0.25, 0.3) is 0 Å². The number of carboxylic acids is 1. The molecular weight excluding hydrogens is 380 g/mol. The Balaban J connectivity index is 5.17. The summed E-state index contributed by atoms with van der Waals surface area (Å²) in [6, 6.07) is -4.89. The van der Waals surface area contributed by atoms with Crippen molar-refractivity contribution in [3.05, 3.63) is 0 Å². The molecule has 8 N–H and O–H groups in total. The number of amides is 3. The number of rotatable bonds is 12. The van der Waals surface area contributed by atoms with E-state index >= 15 is 0 Å². The summed E-state index contributed by atoms with van der Waals surface area (Å²) < 4.78 is 0. The Morgan fingerprint density at radius 3 is 2.07 bits per heavy atom. The van der Waals surface area contributed by atoms with Gasteiger partial charge < -0.3 is 37.0 Å². The summed E-state index contributed by atoms with van der Waals surface area (Å²) >= 11 is 1.42. The number of hydrogen-bond acceptors (Lipinski definition) is 8. The minimum atomic E-state index is -1.41. The Bertz CT molecular complexity index is 532. The molecule has 0 heterocycles. The molecule has 0 aromatic rings. The van der Waals surface area contributed by atoms with E-state index in [0.29, 0.717) is 5.75 Å². The predicted molar refractivity (Wildman–Crippen MR) is 98.8 cm³/mol. The fourth-order valence-electron chi connectivity index (χ4n) is 1.89. The third kappa shape index (κ3) is 9.04. The highest BCUT2D eigenvalue weighted by Gasteiger charge is 2.31. The first kappa shape index (κ1) is 25.1. The van der Waals surface area contributed by atoms with E-state index in [4.69, 9.17) is 15.9 Å². The molecule has 0 aliphatic rings. The Morgan fingerprint density at radius 2 is 1.63 bits per heavy atom. The van der Waals surface area contributed by atoms with E-state index in [1.54, 1.807) is 6.26 Å². The highest BCUT2D eigenvalue weighted by molar-refractivity contribution is 7.98. The normalized spacial score (nSPS) is 16.4. The average Bonchev–Trinajstić information content (AvgIpc) is 2.61. The number of carbonyl (C=O) groups is 4. The largest absolute Gasteiger partial charge is 0.480 e. The van der Waals surface area contributed by atoms with Crippen LogP contribution in [-0.4, -0.2) is 87.9 Å². The fourth-order valence-corrected chi connectivity index (χ4v) is 2.36. The first-order valence-electron chi connectivity index (χ1n) is 8.22. The van der Waals surface area contributed by atoms with Gasteiger partial charge >= 0.3 is 5.97 Å². The van der Waals surface area contributed by atoms with Crippen molar-refractivity contribution in [2.75, 3.05) is 18.6 Å². The van der Waals surface area contributed by atoms with E-state index in [0.717, 1.165) is 0 Å². The SMILES string of the molecule is CSCCC(NC(=O)C(NC(=O)C(N)CO)C(C)O)C(=O)NC(C)C(=O)O. The monoisotopic (exact) mass is 408 g/mol. The molecule has 5 atom stereocenters. The van der Waals surface area contributed by atoms with Crippen molar-refractivity contribution in [2.45, 2.75) is 50.5 Å². The predicted octanol–water partition coefficient (Wildman–Crippen LogP) is -3.00. The molecule has 0 bridgehead atoms. The summed E-state index contributed by atoms with van der Waals surface area (Å²) in [5, 5.41) is 34.4. The molecule has 0 aliphatic heterocycles. The van der Waals surface area contributed by atoms with Crippen LogP contribution in [0.25, 0.3) is 0 Å². The van der Waals surface area contributed by atoms with Crippen molar-refractivity contribution in [3.63, 3.8) is 0 Å². The van der Waals surface area contributed by atoms with Crippen molar-refractivity contribution in [1.29, 1.82) is 0 Å². The minimum absolute atomic E-state index is 0.210. The highest BCUT2D eigenvalue weighted by Crippen LogP contribution is 2.04. The van der Waals surface area contributed by atoms with Crippen LogP contribution in [0.2, 0.25) is 0 Å². The molecule has 0 radical (unpaired) electrons. The van der Waals surface area contributed by atoms with Crippen LogP contribution >= 0.6 is 11.8 Å². The van der Waals surface area contributed by atoms with Gasteiger partial charge in [0, 0.05) is 0 Å². The molecule has 27 heavy (non-hydrogen) atoms. The minimum Gasteiger partial charge on any atom is -0.480 e. The molecule has 156 valence electrons. The Morgan fingerprint density at radius 1 is 1.04 bits per heavy atom. The molecule has 0 aliphatic carbocycles. The van der Waals surface area contributed by atoms with E-state index in [9.17, 15) is 24.3 Å². The van der Waals surface area contributed by atoms with Gasteiger partial charge in [-0.2, -0.15) is 11.8 Å². The van der Waals surface area contributed by atoms with Crippen molar-refractivity contribution in [1.82, 2.24) is 16.0 Å². The third-order valence-electron chi connectivity index (χ3n) is 3.57. The number of carboxylic acid groups (broad SMARTS) is 1. The molecule has 0 saturated carbocycles. The molecule has 11 nitrogen and oxygen atoms in total. The summed E-state index contributed by atoms with van der Waals surface area (Å²) in [4.78, 5) is 47.4. The Labute approximate surface area is 161 Å².